The van der Waals surface area contributed by atoms with Crippen molar-refractivity contribution in [3.8, 4) is 0 Å². The van der Waals surface area contributed by atoms with Crippen molar-refractivity contribution in [2.45, 2.75) is 26.7 Å². The second-order valence-electron chi connectivity index (χ2n) is 3.72. The molecule has 4 nitrogen and oxygen atoms in total. The minimum atomic E-state index is -1.03. The molecule has 0 saturated carbocycles. The molecular formula is C10H13BrN2O2. The summed E-state index contributed by atoms with van der Waals surface area (Å²) in [6.45, 7) is 4.22. The molecule has 82 valence electrons. The van der Waals surface area contributed by atoms with Crippen LogP contribution < -0.4 is 0 Å². The van der Waals surface area contributed by atoms with Gasteiger partial charge >= 0.3 is 5.97 Å². The van der Waals surface area contributed by atoms with E-state index in [1.54, 1.807) is 0 Å². The van der Waals surface area contributed by atoms with Crippen molar-refractivity contribution in [1.82, 2.24) is 9.97 Å². The largest absolute Gasteiger partial charge is 0.476 e. The van der Waals surface area contributed by atoms with E-state index < -0.39 is 5.97 Å². The minimum absolute atomic E-state index is 0.0313. The maximum absolute atomic E-state index is 10.8. The Bertz CT molecular complexity index is 366. The average molecular weight is 273 g/mol. The lowest BCUT2D eigenvalue weighted by molar-refractivity contribution is 0.0688. The van der Waals surface area contributed by atoms with Gasteiger partial charge in [-0.05, 0) is 28.3 Å². The number of hydrogen-bond acceptors (Lipinski definition) is 3. The van der Waals surface area contributed by atoms with Crippen LogP contribution in [0.25, 0.3) is 0 Å². The van der Waals surface area contributed by atoms with Gasteiger partial charge in [0.05, 0.1) is 4.47 Å². The highest BCUT2D eigenvalue weighted by atomic mass is 79.9. The number of nitrogens with zero attached hydrogens (tertiary/aromatic N) is 2. The van der Waals surface area contributed by atoms with Gasteiger partial charge in [0.25, 0.3) is 0 Å². The molecule has 0 fully saturated rings. The molecular weight excluding hydrogens is 260 g/mol. The van der Waals surface area contributed by atoms with Gasteiger partial charge in [0.1, 0.15) is 5.82 Å². The number of halogens is 1. The van der Waals surface area contributed by atoms with E-state index in [1.165, 1.54) is 6.20 Å². The van der Waals surface area contributed by atoms with E-state index in [0.29, 0.717) is 22.6 Å². The van der Waals surface area contributed by atoms with Gasteiger partial charge < -0.3 is 5.11 Å². The van der Waals surface area contributed by atoms with Gasteiger partial charge in [0.15, 0.2) is 5.69 Å². The number of aryl methyl sites for hydroxylation is 1. The molecule has 1 aromatic rings. The molecule has 5 heteroatoms. The Balaban J connectivity index is 2.83. The summed E-state index contributed by atoms with van der Waals surface area (Å²) in [5.74, 6) is 0.116. The fraction of sp³-hybridized carbons (Fsp3) is 0.500. The third-order valence-electron chi connectivity index (χ3n) is 1.94. The van der Waals surface area contributed by atoms with Crippen LogP contribution in [-0.2, 0) is 6.42 Å². The number of rotatable bonds is 4. The van der Waals surface area contributed by atoms with Crippen LogP contribution in [0.4, 0.5) is 0 Å². The van der Waals surface area contributed by atoms with Crippen molar-refractivity contribution in [3.63, 3.8) is 0 Å². The van der Waals surface area contributed by atoms with Crippen molar-refractivity contribution < 1.29 is 9.90 Å². The zero-order valence-corrected chi connectivity index (χ0v) is 10.3. The molecule has 0 bridgehead atoms. The molecule has 0 aromatic carbocycles. The van der Waals surface area contributed by atoms with Gasteiger partial charge in [0, 0.05) is 12.6 Å². The van der Waals surface area contributed by atoms with E-state index in [0.717, 1.165) is 6.42 Å². The van der Waals surface area contributed by atoms with E-state index >= 15 is 0 Å². The summed E-state index contributed by atoms with van der Waals surface area (Å²) in [5, 5.41) is 8.85. The quantitative estimate of drug-likeness (QED) is 0.915. The van der Waals surface area contributed by atoms with Gasteiger partial charge in [0.2, 0.25) is 0 Å². The Morgan fingerprint density at radius 1 is 1.60 bits per heavy atom. The van der Waals surface area contributed by atoms with Gasteiger partial charge in [-0.2, -0.15) is 0 Å². The third kappa shape index (κ3) is 3.58. The lowest BCUT2D eigenvalue weighted by atomic mass is 10.1. The van der Waals surface area contributed by atoms with E-state index in [2.05, 4.69) is 39.7 Å². The van der Waals surface area contributed by atoms with Gasteiger partial charge in [-0.3, -0.25) is 0 Å². The second-order valence-corrected chi connectivity index (χ2v) is 4.57. The maximum Gasteiger partial charge on any atom is 0.355 e. The molecule has 1 N–H and O–H groups in total. The van der Waals surface area contributed by atoms with E-state index in [1.807, 2.05) is 0 Å². The number of carbonyl (C=O) groups is 1. The first-order chi connectivity index (χ1) is 7.00. The summed E-state index contributed by atoms with van der Waals surface area (Å²) < 4.78 is 0.420. The third-order valence-corrected chi connectivity index (χ3v) is 2.52. The lowest BCUT2D eigenvalue weighted by Crippen LogP contribution is -2.07. The molecule has 0 amide bonds. The molecule has 0 aliphatic carbocycles. The fourth-order valence-corrected chi connectivity index (χ4v) is 1.45. The van der Waals surface area contributed by atoms with Crippen LogP contribution in [0.15, 0.2) is 10.7 Å². The van der Waals surface area contributed by atoms with Crippen LogP contribution in [0.3, 0.4) is 0 Å². The number of carboxylic acid groups (broad SMARTS) is 1. The van der Waals surface area contributed by atoms with E-state index in [-0.39, 0.29) is 5.69 Å². The highest BCUT2D eigenvalue weighted by Crippen LogP contribution is 2.14. The van der Waals surface area contributed by atoms with Crippen LogP contribution in [-0.4, -0.2) is 21.0 Å². The summed E-state index contributed by atoms with van der Waals surface area (Å²) >= 11 is 3.11. The average Bonchev–Trinajstić information content (AvgIpc) is 2.16. The maximum atomic E-state index is 10.8. The minimum Gasteiger partial charge on any atom is -0.476 e. The lowest BCUT2D eigenvalue weighted by Gasteiger charge is -2.04. The smallest absolute Gasteiger partial charge is 0.355 e. The number of carboxylic acids is 1. The molecule has 0 saturated heterocycles. The van der Waals surface area contributed by atoms with E-state index in [4.69, 9.17) is 5.11 Å². The van der Waals surface area contributed by atoms with Crippen molar-refractivity contribution in [3.05, 3.63) is 22.2 Å². The zero-order valence-electron chi connectivity index (χ0n) is 8.70. The first-order valence-corrected chi connectivity index (χ1v) is 5.54. The standard InChI is InChI=1S/C10H13BrN2O2/c1-6(2)3-4-8-12-5-7(11)9(13-8)10(14)15/h5-6H,3-4H2,1-2H3,(H,14,15). The summed E-state index contributed by atoms with van der Waals surface area (Å²) in [6, 6.07) is 0. The van der Waals surface area contributed by atoms with Crippen molar-refractivity contribution in [1.29, 1.82) is 0 Å². The second kappa shape index (κ2) is 5.21. The molecule has 0 spiro atoms. The van der Waals surface area contributed by atoms with E-state index in [9.17, 15) is 4.79 Å². The predicted octanol–water partition coefficient (Wildman–Crippen LogP) is 2.53. The topological polar surface area (TPSA) is 63.1 Å². The Kier molecular flexibility index (Phi) is 4.20. The van der Waals surface area contributed by atoms with Gasteiger partial charge in [-0.15, -0.1) is 0 Å². The summed E-state index contributed by atoms with van der Waals surface area (Å²) in [7, 11) is 0. The monoisotopic (exact) mass is 272 g/mol. The van der Waals surface area contributed by atoms with Crippen LogP contribution in [0, 0.1) is 5.92 Å². The molecule has 0 aliphatic heterocycles. The molecule has 0 unspecified atom stereocenters. The normalized spacial score (nSPS) is 10.7. The SMILES string of the molecule is CC(C)CCc1ncc(Br)c(C(=O)O)n1. The first kappa shape index (κ1) is 12.1. The number of hydrogen-bond donors (Lipinski definition) is 1. The van der Waals surface area contributed by atoms with Crippen LogP contribution in [0.5, 0.6) is 0 Å². The Morgan fingerprint density at radius 3 is 2.80 bits per heavy atom. The molecule has 15 heavy (non-hydrogen) atoms. The molecule has 0 atom stereocenters. The predicted molar refractivity (Wildman–Crippen MR) is 59.9 cm³/mol. The van der Waals surface area contributed by atoms with Crippen molar-refractivity contribution in [2.24, 2.45) is 5.92 Å². The summed E-state index contributed by atoms with van der Waals surface area (Å²) in [4.78, 5) is 18.9. The Hall–Kier alpha value is -0.970. The van der Waals surface area contributed by atoms with Crippen molar-refractivity contribution in [2.75, 3.05) is 0 Å². The van der Waals surface area contributed by atoms with Crippen LogP contribution in [0.2, 0.25) is 0 Å². The Morgan fingerprint density at radius 2 is 2.27 bits per heavy atom. The Labute approximate surface area is 96.9 Å². The van der Waals surface area contributed by atoms with Gasteiger partial charge in [-0.1, -0.05) is 13.8 Å². The van der Waals surface area contributed by atoms with Gasteiger partial charge in [-0.25, -0.2) is 14.8 Å². The highest BCUT2D eigenvalue weighted by Gasteiger charge is 2.12. The van der Waals surface area contributed by atoms with Crippen LogP contribution >= 0.6 is 15.9 Å². The van der Waals surface area contributed by atoms with Crippen molar-refractivity contribution >= 4 is 21.9 Å². The molecule has 0 aliphatic rings. The first-order valence-electron chi connectivity index (χ1n) is 4.75. The zero-order chi connectivity index (χ0) is 11.4. The molecule has 1 aromatic heterocycles. The molecule has 1 heterocycles. The number of aromatic carboxylic acids is 1. The summed E-state index contributed by atoms with van der Waals surface area (Å²) in [6.07, 6.45) is 3.16. The van der Waals surface area contributed by atoms with Crippen LogP contribution in [0.1, 0.15) is 36.6 Å². The molecule has 0 radical (unpaired) electrons. The highest BCUT2D eigenvalue weighted by molar-refractivity contribution is 9.10. The number of aromatic nitrogens is 2. The fourth-order valence-electron chi connectivity index (χ4n) is 1.09. The molecule has 1 rings (SSSR count). The summed E-state index contributed by atoms with van der Waals surface area (Å²) in [5.41, 5.74) is 0.0313.